The zero-order valence-corrected chi connectivity index (χ0v) is 14.4. The summed E-state index contributed by atoms with van der Waals surface area (Å²) in [5.41, 5.74) is 0. The summed E-state index contributed by atoms with van der Waals surface area (Å²) in [5.74, 6) is 1.33. The predicted octanol–water partition coefficient (Wildman–Crippen LogP) is 0.382. The average Bonchev–Trinajstić information content (AvgIpc) is 3.01. The Bertz CT molecular complexity index is 386. The molecule has 22 heavy (non-hydrogen) atoms. The summed E-state index contributed by atoms with van der Waals surface area (Å²) in [6.45, 7) is 8.97. The van der Waals surface area contributed by atoms with Gasteiger partial charge in [-0.1, -0.05) is 13.8 Å². The van der Waals surface area contributed by atoms with Crippen LogP contribution in [0.15, 0.2) is 0 Å². The number of hydrogen-bond acceptors (Lipinski definition) is 5. The molecule has 0 saturated carbocycles. The van der Waals surface area contributed by atoms with Crippen LogP contribution in [0.25, 0.3) is 0 Å². The van der Waals surface area contributed by atoms with Gasteiger partial charge in [0.25, 0.3) is 0 Å². The van der Waals surface area contributed by atoms with Crippen LogP contribution < -0.4 is 5.32 Å². The maximum atomic E-state index is 12.3. The number of thioether (sulfide) groups is 1. The SMILES string of the molecule is CC(C)C(=O)N1CSCC1C(=O)NCCCN1CCOCC1. The summed E-state index contributed by atoms with van der Waals surface area (Å²) >= 11 is 1.65. The second-order valence-corrected chi connectivity index (χ2v) is 7.08. The zero-order valence-electron chi connectivity index (χ0n) is 13.5. The number of morpholine rings is 1. The van der Waals surface area contributed by atoms with Crippen LogP contribution in [0.1, 0.15) is 20.3 Å². The van der Waals surface area contributed by atoms with Crippen LogP contribution in [0, 0.1) is 5.92 Å². The first-order chi connectivity index (χ1) is 10.6. The van der Waals surface area contributed by atoms with Crippen molar-refractivity contribution in [1.29, 1.82) is 0 Å². The van der Waals surface area contributed by atoms with Crippen molar-refractivity contribution in [2.45, 2.75) is 26.3 Å². The molecular weight excluding hydrogens is 302 g/mol. The quantitative estimate of drug-likeness (QED) is 0.714. The van der Waals surface area contributed by atoms with E-state index in [4.69, 9.17) is 4.74 Å². The minimum atomic E-state index is -0.303. The molecule has 1 unspecified atom stereocenters. The van der Waals surface area contributed by atoms with Crippen molar-refractivity contribution in [2.75, 3.05) is 51.0 Å². The summed E-state index contributed by atoms with van der Waals surface area (Å²) in [7, 11) is 0. The Morgan fingerprint density at radius 2 is 2.05 bits per heavy atom. The van der Waals surface area contributed by atoms with Crippen molar-refractivity contribution in [3.8, 4) is 0 Å². The number of hydrogen-bond donors (Lipinski definition) is 1. The number of rotatable bonds is 6. The molecule has 2 aliphatic rings. The fourth-order valence-electron chi connectivity index (χ4n) is 2.67. The highest BCUT2D eigenvalue weighted by molar-refractivity contribution is 7.99. The van der Waals surface area contributed by atoms with Crippen LogP contribution >= 0.6 is 11.8 Å². The van der Waals surface area contributed by atoms with Crippen LogP contribution in [-0.4, -0.2) is 78.7 Å². The smallest absolute Gasteiger partial charge is 0.243 e. The monoisotopic (exact) mass is 329 g/mol. The van der Waals surface area contributed by atoms with Gasteiger partial charge in [-0.3, -0.25) is 14.5 Å². The third-order valence-electron chi connectivity index (χ3n) is 4.02. The van der Waals surface area contributed by atoms with Gasteiger partial charge in [-0.2, -0.15) is 0 Å². The molecule has 7 heteroatoms. The normalized spacial score (nSPS) is 23.0. The molecule has 2 fully saturated rings. The Balaban J connectivity index is 1.68. The first-order valence-electron chi connectivity index (χ1n) is 8.05. The number of carbonyl (C=O) groups is 2. The molecule has 2 amide bonds. The van der Waals surface area contributed by atoms with Crippen molar-refractivity contribution >= 4 is 23.6 Å². The van der Waals surface area contributed by atoms with Gasteiger partial charge in [-0.25, -0.2) is 0 Å². The number of carbonyl (C=O) groups excluding carboxylic acids is 2. The first kappa shape index (κ1) is 17.6. The van der Waals surface area contributed by atoms with E-state index >= 15 is 0 Å². The molecule has 1 N–H and O–H groups in total. The largest absolute Gasteiger partial charge is 0.379 e. The second-order valence-electron chi connectivity index (χ2n) is 6.08. The Morgan fingerprint density at radius 1 is 1.32 bits per heavy atom. The number of amides is 2. The molecule has 126 valence electrons. The molecule has 2 aliphatic heterocycles. The van der Waals surface area contributed by atoms with E-state index in [1.54, 1.807) is 16.7 Å². The molecule has 2 saturated heterocycles. The van der Waals surface area contributed by atoms with E-state index in [0.717, 1.165) is 39.3 Å². The summed E-state index contributed by atoms with van der Waals surface area (Å²) in [5, 5.41) is 2.98. The van der Waals surface area contributed by atoms with Gasteiger partial charge in [-0.05, 0) is 13.0 Å². The molecule has 2 rings (SSSR count). The maximum Gasteiger partial charge on any atom is 0.243 e. The molecule has 0 aromatic heterocycles. The highest BCUT2D eigenvalue weighted by atomic mass is 32.2. The van der Waals surface area contributed by atoms with Crippen molar-refractivity contribution in [3.05, 3.63) is 0 Å². The van der Waals surface area contributed by atoms with E-state index in [2.05, 4.69) is 10.2 Å². The fraction of sp³-hybridized carbons (Fsp3) is 0.867. The molecule has 0 aliphatic carbocycles. The zero-order chi connectivity index (χ0) is 15.9. The average molecular weight is 329 g/mol. The third kappa shape index (κ3) is 4.86. The van der Waals surface area contributed by atoms with Gasteiger partial charge in [0.1, 0.15) is 6.04 Å². The van der Waals surface area contributed by atoms with E-state index in [0.29, 0.717) is 18.2 Å². The summed E-state index contributed by atoms with van der Waals surface area (Å²) < 4.78 is 5.31. The highest BCUT2D eigenvalue weighted by Crippen LogP contribution is 2.22. The Kier molecular flexibility index (Phi) is 6.98. The molecular formula is C15H27N3O3S. The van der Waals surface area contributed by atoms with E-state index in [-0.39, 0.29) is 23.8 Å². The second kappa shape index (κ2) is 8.74. The van der Waals surface area contributed by atoms with Crippen LogP contribution in [0.4, 0.5) is 0 Å². The molecule has 0 aromatic rings. The van der Waals surface area contributed by atoms with E-state index in [9.17, 15) is 9.59 Å². The minimum absolute atomic E-state index is 0.0130. The molecule has 6 nitrogen and oxygen atoms in total. The molecule has 2 heterocycles. The summed E-state index contributed by atoms with van der Waals surface area (Å²) in [6.07, 6.45) is 0.934. The Morgan fingerprint density at radius 3 is 2.73 bits per heavy atom. The van der Waals surface area contributed by atoms with E-state index in [1.165, 1.54) is 0 Å². The molecule has 0 aromatic carbocycles. The maximum absolute atomic E-state index is 12.3. The van der Waals surface area contributed by atoms with Gasteiger partial charge in [0.2, 0.25) is 11.8 Å². The Hall–Kier alpha value is -0.790. The van der Waals surface area contributed by atoms with Crippen LogP contribution in [0.2, 0.25) is 0 Å². The lowest BCUT2D eigenvalue weighted by molar-refractivity contribution is -0.140. The minimum Gasteiger partial charge on any atom is -0.379 e. The van der Waals surface area contributed by atoms with Gasteiger partial charge >= 0.3 is 0 Å². The summed E-state index contributed by atoms with van der Waals surface area (Å²) in [6, 6.07) is -0.303. The molecule has 0 radical (unpaired) electrons. The lowest BCUT2D eigenvalue weighted by Crippen LogP contribution is -2.48. The molecule has 0 bridgehead atoms. The van der Waals surface area contributed by atoms with Crippen molar-refractivity contribution < 1.29 is 14.3 Å². The van der Waals surface area contributed by atoms with Gasteiger partial charge in [-0.15, -0.1) is 11.8 Å². The van der Waals surface area contributed by atoms with Crippen molar-refractivity contribution in [2.24, 2.45) is 5.92 Å². The first-order valence-corrected chi connectivity index (χ1v) is 9.21. The number of ether oxygens (including phenoxy) is 1. The third-order valence-corrected chi connectivity index (χ3v) is 5.03. The topological polar surface area (TPSA) is 61.9 Å². The number of nitrogens with one attached hydrogen (secondary N) is 1. The lowest BCUT2D eigenvalue weighted by Gasteiger charge is -2.27. The van der Waals surface area contributed by atoms with Crippen molar-refractivity contribution in [3.63, 3.8) is 0 Å². The molecule has 0 spiro atoms. The van der Waals surface area contributed by atoms with Gasteiger partial charge < -0.3 is 15.0 Å². The van der Waals surface area contributed by atoms with E-state index in [1.807, 2.05) is 13.8 Å². The van der Waals surface area contributed by atoms with E-state index < -0.39 is 0 Å². The predicted molar refractivity (Wildman–Crippen MR) is 87.7 cm³/mol. The molecule has 1 atom stereocenters. The van der Waals surface area contributed by atoms with Crippen molar-refractivity contribution in [1.82, 2.24) is 15.1 Å². The lowest BCUT2D eigenvalue weighted by atomic mass is 10.1. The van der Waals surface area contributed by atoms with Gasteiger partial charge in [0, 0.05) is 31.3 Å². The Labute approximate surface area is 136 Å². The summed E-state index contributed by atoms with van der Waals surface area (Å²) in [4.78, 5) is 28.5. The van der Waals surface area contributed by atoms with Crippen LogP contribution in [0.3, 0.4) is 0 Å². The van der Waals surface area contributed by atoms with Crippen LogP contribution in [-0.2, 0) is 14.3 Å². The standard InChI is InChI=1S/C15H27N3O3S/c1-12(2)15(20)18-11-22-10-13(18)14(19)16-4-3-5-17-6-8-21-9-7-17/h12-13H,3-11H2,1-2H3,(H,16,19). The number of nitrogens with zero attached hydrogens (tertiary/aromatic N) is 2. The van der Waals surface area contributed by atoms with Crippen LogP contribution in [0.5, 0.6) is 0 Å². The fourth-order valence-corrected chi connectivity index (χ4v) is 3.83. The van der Waals surface area contributed by atoms with Gasteiger partial charge in [0.15, 0.2) is 0 Å². The highest BCUT2D eigenvalue weighted by Gasteiger charge is 2.35. The van der Waals surface area contributed by atoms with Gasteiger partial charge in [0.05, 0.1) is 19.1 Å².